The number of carbonyl (C=O) groups is 1. The van der Waals surface area contributed by atoms with Gasteiger partial charge >= 0.3 is 11.7 Å². The minimum atomic E-state index is -0.529. The summed E-state index contributed by atoms with van der Waals surface area (Å²) in [6.07, 6.45) is 0. The fourth-order valence-corrected chi connectivity index (χ4v) is 2.77. The van der Waals surface area contributed by atoms with E-state index in [2.05, 4.69) is 20.6 Å². The van der Waals surface area contributed by atoms with Crippen molar-refractivity contribution < 1.29 is 19.2 Å². The largest absolute Gasteiger partial charge is 0.497 e. The van der Waals surface area contributed by atoms with Gasteiger partial charge in [0.15, 0.2) is 0 Å². The van der Waals surface area contributed by atoms with Crippen LogP contribution in [0.5, 0.6) is 5.75 Å². The number of aryl methyl sites for hydroxylation is 1. The molecular formula is C21H21N5O5. The number of benzene rings is 2. The number of methoxy groups -OCH3 is 1. The Balaban J connectivity index is 1.87. The second-order valence-electron chi connectivity index (χ2n) is 6.36. The zero-order valence-electron chi connectivity index (χ0n) is 17.2. The molecule has 0 atom stereocenters. The normalized spacial score (nSPS) is 10.3. The van der Waals surface area contributed by atoms with Crippen LogP contribution >= 0.6 is 0 Å². The predicted molar refractivity (Wildman–Crippen MR) is 115 cm³/mol. The molecule has 10 heteroatoms. The molecule has 31 heavy (non-hydrogen) atoms. The van der Waals surface area contributed by atoms with Gasteiger partial charge in [0, 0.05) is 11.4 Å². The molecule has 160 valence electrons. The molecule has 10 nitrogen and oxygen atoms in total. The maximum Gasteiger partial charge on any atom is 0.338 e. The Morgan fingerprint density at radius 3 is 2.23 bits per heavy atom. The molecule has 0 saturated carbocycles. The van der Waals surface area contributed by atoms with E-state index in [0.717, 1.165) is 0 Å². The smallest absolute Gasteiger partial charge is 0.338 e. The highest BCUT2D eigenvalue weighted by atomic mass is 16.6. The molecule has 1 aromatic heterocycles. The van der Waals surface area contributed by atoms with Crippen molar-refractivity contribution in [1.29, 1.82) is 0 Å². The monoisotopic (exact) mass is 423 g/mol. The van der Waals surface area contributed by atoms with Crippen LogP contribution in [0.15, 0.2) is 48.5 Å². The SMILES string of the molecule is CCOC(=O)c1ccc(Nc2nc(C)c([N+](=O)[O-])c(Nc3ccc(OC)cc3)n2)cc1. The highest BCUT2D eigenvalue weighted by Crippen LogP contribution is 2.30. The summed E-state index contributed by atoms with van der Waals surface area (Å²) in [5.74, 6) is 0.464. The molecule has 0 amide bonds. The van der Waals surface area contributed by atoms with Crippen LogP contribution in [0.1, 0.15) is 23.0 Å². The Kier molecular flexibility index (Phi) is 6.61. The van der Waals surface area contributed by atoms with Gasteiger partial charge in [-0.3, -0.25) is 10.1 Å². The molecule has 0 radical (unpaired) electrons. The molecule has 3 rings (SSSR count). The summed E-state index contributed by atoms with van der Waals surface area (Å²) in [5.41, 5.74) is 1.60. The molecule has 0 bridgehead atoms. The maximum absolute atomic E-state index is 11.8. The van der Waals surface area contributed by atoms with Gasteiger partial charge in [-0.05, 0) is 62.4 Å². The zero-order chi connectivity index (χ0) is 22.4. The van der Waals surface area contributed by atoms with Gasteiger partial charge in [-0.1, -0.05) is 0 Å². The summed E-state index contributed by atoms with van der Waals surface area (Å²) < 4.78 is 10.1. The summed E-state index contributed by atoms with van der Waals surface area (Å²) >= 11 is 0. The Labute approximate surface area is 178 Å². The fourth-order valence-electron chi connectivity index (χ4n) is 2.77. The minimum absolute atomic E-state index is 0.0494. The van der Waals surface area contributed by atoms with Crippen LogP contribution in [0, 0.1) is 17.0 Å². The van der Waals surface area contributed by atoms with Crippen molar-refractivity contribution in [3.05, 3.63) is 69.9 Å². The van der Waals surface area contributed by atoms with Gasteiger partial charge in [0.1, 0.15) is 11.4 Å². The Hall–Kier alpha value is -4.21. The molecule has 3 aromatic rings. The number of aromatic nitrogens is 2. The lowest BCUT2D eigenvalue weighted by Gasteiger charge is -2.11. The predicted octanol–water partition coefficient (Wildman–Crippen LogP) is 4.37. The number of esters is 1. The van der Waals surface area contributed by atoms with Crippen molar-refractivity contribution in [2.24, 2.45) is 0 Å². The number of hydrogen-bond acceptors (Lipinski definition) is 9. The summed E-state index contributed by atoms with van der Waals surface area (Å²) in [7, 11) is 1.55. The van der Waals surface area contributed by atoms with Crippen molar-refractivity contribution >= 4 is 34.8 Å². The Morgan fingerprint density at radius 1 is 1.03 bits per heavy atom. The molecule has 0 unspecified atom stereocenters. The van der Waals surface area contributed by atoms with Crippen molar-refractivity contribution in [1.82, 2.24) is 9.97 Å². The first kappa shape index (κ1) is 21.5. The second-order valence-corrected chi connectivity index (χ2v) is 6.36. The van der Waals surface area contributed by atoms with E-state index >= 15 is 0 Å². The van der Waals surface area contributed by atoms with Gasteiger partial charge in [-0.15, -0.1) is 0 Å². The lowest BCUT2D eigenvalue weighted by molar-refractivity contribution is -0.385. The molecule has 0 aliphatic rings. The Morgan fingerprint density at radius 2 is 1.65 bits per heavy atom. The van der Waals surface area contributed by atoms with Gasteiger partial charge in [0.25, 0.3) is 0 Å². The first-order chi connectivity index (χ1) is 14.9. The standard InChI is InChI=1S/C21H21N5O5/c1-4-31-20(27)14-5-7-16(8-6-14)24-21-22-13(2)18(26(28)29)19(25-21)23-15-9-11-17(30-3)12-10-15/h5-12H,4H2,1-3H3,(H2,22,23,24,25). The summed E-state index contributed by atoms with van der Waals surface area (Å²) in [6, 6.07) is 13.5. The number of rotatable bonds is 8. The molecular weight excluding hydrogens is 402 g/mol. The summed E-state index contributed by atoms with van der Waals surface area (Å²) in [4.78, 5) is 31.3. The third-order valence-electron chi connectivity index (χ3n) is 4.25. The van der Waals surface area contributed by atoms with E-state index in [-0.39, 0.29) is 23.1 Å². The minimum Gasteiger partial charge on any atom is -0.497 e. The molecule has 0 saturated heterocycles. The molecule has 0 spiro atoms. The fraction of sp³-hybridized carbons (Fsp3) is 0.190. The number of nitrogens with zero attached hydrogens (tertiary/aromatic N) is 3. The molecule has 1 heterocycles. The van der Waals surface area contributed by atoms with E-state index in [1.54, 1.807) is 62.6 Å². The lowest BCUT2D eigenvalue weighted by Crippen LogP contribution is -2.08. The van der Waals surface area contributed by atoms with Crippen LogP contribution in [0.3, 0.4) is 0 Å². The summed E-state index contributed by atoms with van der Waals surface area (Å²) in [6.45, 7) is 3.56. The molecule has 0 aliphatic heterocycles. The van der Waals surface area contributed by atoms with Crippen LogP contribution in [-0.4, -0.2) is 34.6 Å². The van der Waals surface area contributed by atoms with E-state index in [9.17, 15) is 14.9 Å². The maximum atomic E-state index is 11.8. The van der Waals surface area contributed by atoms with Gasteiger partial charge < -0.3 is 20.1 Å². The number of ether oxygens (including phenoxy) is 2. The summed E-state index contributed by atoms with van der Waals surface area (Å²) in [5, 5.41) is 17.5. The van der Waals surface area contributed by atoms with Crippen LogP contribution in [0.2, 0.25) is 0 Å². The van der Waals surface area contributed by atoms with Crippen molar-refractivity contribution in [3.8, 4) is 5.75 Å². The van der Waals surface area contributed by atoms with Gasteiger partial charge in [-0.25, -0.2) is 9.78 Å². The first-order valence-corrected chi connectivity index (χ1v) is 9.39. The topological polar surface area (TPSA) is 129 Å². The van der Waals surface area contributed by atoms with Crippen LogP contribution in [0.25, 0.3) is 0 Å². The first-order valence-electron chi connectivity index (χ1n) is 9.39. The van der Waals surface area contributed by atoms with Crippen LogP contribution in [0.4, 0.5) is 28.8 Å². The number of carbonyl (C=O) groups excluding carboxylic acids is 1. The average molecular weight is 423 g/mol. The highest BCUT2D eigenvalue weighted by molar-refractivity contribution is 5.89. The van der Waals surface area contributed by atoms with Crippen molar-refractivity contribution in [2.75, 3.05) is 24.4 Å². The van der Waals surface area contributed by atoms with E-state index in [1.807, 2.05) is 0 Å². The van der Waals surface area contributed by atoms with Gasteiger partial charge in [0.05, 0.1) is 24.2 Å². The van der Waals surface area contributed by atoms with Crippen LogP contribution < -0.4 is 15.4 Å². The molecule has 2 aromatic carbocycles. The molecule has 0 fully saturated rings. The quantitative estimate of drug-likeness (QED) is 0.308. The van der Waals surface area contributed by atoms with Crippen LogP contribution in [-0.2, 0) is 4.74 Å². The number of nitro groups is 1. The second kappa shape index (κ2) is 9.53. The van der Waals surface area contributed by atoms with Gasteiger partial charge in [-0.2, -0.15) is 4.98 Å². The van der Waals surface area contributed by atoms with Gasteiger partial charge in [0.2, 0.25) is 11.8 Å². The lowest BCUT2D eigenvalue weighted by atomic mass is 10.2. The number of nitrogens with one attached hydrogen (secondary N) is 2. The van der Waals surface area contributed by atoms with Crippen molar-refractivity contribution in [2.45, 2.75) is 13.8 Å². The van der Waals surface area contributed by atoms with E-state index < -0.39 is 10.9 Å². The number of hydrogen-bond donors (Lipinski definition) is 2. The third-order valence-corrected chi connectivity index (χ3v) is 4.25. The Bertz CT molecular complexity index is 1080. The van der Waals surface area contributed by atoms with E-state index in [4.69, 9.17) is 9.47 Å². The van der Waals surface area contributed by atoms with E-state index in [0.29, 0.717) is 29.3 Å². The highest BCUT2D eigenvalue weighted by Gasteiger charge is 2.22. The molecule has 2 N–H and O–H groups in total. The van der Waals surface area contributed by atoms with Crippen molar-refractivity contribution in [3.63, 3.8) is 0 Å². The van der Waals surface area contributed by atoms with E-state index in [1.165, 1.54) is 6.92 Å². The zero-order valence-corrected chi connectivity index (χ0v) is 17.2. The average Bonchev–Trinajstić information content (AvgIpc) is 2.74. The third kappa shape index (κ3) is 5.24. The molecule has 0 aliphatic carbocycles. The number of anilines is 4.